The molecule has 1 aromatic rings. The van der Waals surface area contributed by atoms with E-state index in [9.17, 15) is 4.39 Å². The van der Waals surface area contributed by atoms with Gasteiger partial charge in [0.1, 0.15) is 5.82 Å². The van der Waals surface area contributed by atoms with Crippen molar-refractivity contribution in [2.75, 3.05) is 0 Å². The summed E-state index contributed by atoms with van der Waals surface area (Å²) in [7, 11) is 0. The summed E-state index contributed by atoms with van der Waals surface area (Å²) < 4.78 is 12.9. The van der Waals surface area contributed by atoms with E-state index in [0.29, 0.717) is 5.25 Å². The van der Waals surface area contributed by atoms with Crippen LogP contribution in [0.1, 0.15) is 31.4 Å². The molecule has 0 aliphatic carbocycles. The first-order valence-corrected chi connectivity index (χ1v) is 5.82. The molecule has 1 aliphatic heterocycles. The molecule has 1 heterocycles. The molecule has 2 atom stereocenters. The fourth-order valence-electron chi connectivity index (χ4n) is 1.85. The lowest BCUT2D eigenvalue weighted by molar-refractivity contribution is 0.612. The largest absolute Gasteiger partial charge is 0.323 e. The number of halogens is 1. The number of benzene rings is 1. The highest BCUT2D eigenvalue weighted by molar-refractivity contribution is 8.00. The molecular weight excluding hydrogens is 197 g/mol. The van der Waals surface area contributed by atoms with Gasteiger partial charge >= 0.3 is 0 Å². The normalized spacial score (nSPS) is 25.1. The highest BCUT2D eigenvalue weighted by Crippen LogP contribution is 2.44. The van der Waals surface area contributed by atoms with Gasteiger partial charge in [0.25, 0.3) is 0 Å². The van der Waals surface area contributed by atoms with E-state index in [1.54, 1.807) is 17.8 Å². The maximum Gasteiger partial charge on any atom is 0.124 e. The fraction of sp³-hybridized carbons (Fsp3) is 0.455. The molecule has 76 valence electrons. The number of hydrogen-bond acceptors (Lipinski definition) is 2. The number of rotatable bonds is 2. The van der Waals surface area contributed by atoms with Crippen molar-refractivity contribution >= 4 is 11.8 Å². The third-order valence-corrected chi connectivity index (χ3v) is 4.03. The molecule has 0 saturated heterocycles. The Morgan fingerprint density at radius 2 is 2.29 bits per heavy atom. The predicted octanol–water partition coefficient (Wildman–Crippen LogP) is 3.10. The van der Waals surface area contributed by atoms with Crippen LogP contribution in [0.15, 0.2) is 23.1 Å². The van der Waals surface area contributed by atoms with Crippen LogP contribution in [0.2, 0.25) is 0 Å². The second kappa shape index (κ2) is 3.91. The fourth-order valence-corrected chi connectivity index (χ4v) is 3.34. The Labute approximate surface area is 87.9 Å². The molecule has 0 aromatic heterocycles. The number of fused-ring (bicyclic) bond motifs is 1. The molecule has 0 saturated carbocycles. The highest BCUT2D eigenvalue weighted by atomic mass is 32.2. The van der Waals surface area contributed by atoms with Gasteiger partial charge in [-0.15, -0.1) is 11.8 Å². The second-order valence-corrected chi connectivity index (χ2v) is 4.93. The summed E-state index contributed by atoms with van der Waals surface area (Å²) in [5, 5.41) is 0.428. The van der Waals surface area contributed by atoms with Crippen molar-refractivity contribution in [1.29, 1.82) is 0 Å². The van der Waals surface area contributed by atoms with Gasteiger partial charge in [-0.3, -0.25) is 0 Å². The first kappa shape index (κ1) is 9.99. The Balaban J connectivity index is 2.26. The smallest absolute Gasteiger partial charge is 0.124 e. The molecular formula is C11H14FNS. The molecule has 2 N–H and O–H groups in total. The summed E-state index contributed by atoms with van der Waals surface area (Å²) in [6.07, 6.45) is 2.23. The van der Waals surface area contributed by atoms with E-state index < -0.39 is 0 Å². The zero-order chi connectivity index (χ0) is 10.1. The van der Waals surface area contributed by atoms with Gasteiger partial charge in [0.15, 0.2) is 0 Å². The summed E-state index contributed by atoms with van der Waals surface area (Å²) in [5.74, 6) is -0.166. The first-order chi connectivity index (χ1) is 6.72. The molecule has 1 aromatic carbocycles. The quantitative estimate of drug-likeness (QED) is 0.813. The number of thioether (sulfide) groups is 1. The zero-order valence-electron chi connectivity index (χ0n) is 8.16. The van der Waals surface area contributed by atoms with Crippen LogP contribution in [-0.2, 0) is 0 Å². The highest BCUT2D eigenvalue weighted by Gasteiger charge is 2.29. The lowest BCUT2D eigenvalue weighted by atomic mass is 10.0. The van der Waals surface area contributed by atoms with Crippen molar-refractivity contribution in [2.45, 2.75) is 36.0 Å². The Morgan fingerprint density at radius 3 is 3.00 bits per heavy atom. The molecule has 0 amide bonds. The average Bonchev–Trinajstić information content (AvgIpc) is 2.44. The Kier molecular flexibility index (Phi) is 2.79. The van der Waals surface area contributed by atoms with E-state index in [2.05, 4.69) is 6.92 Å². The van der Waals surface area contributed by atoms with E-state index in [-0.39, 0.29) is 11.9 Å². The van der Waals surface area contributed by atoms with Gasteiger partial charge in [-0.1, -0.05) is 19.4 Å². The molecule has 2 rings (SSSR count). The van der Waals surface area contributed by atoms with Gasteiger partial charge in [-0.05, 0) is 24.1 Å². The van der Waals surface area contributed by atoms with Crippen molar-refractivity contribution < 1.29 is 4.39 Å². The van der Waals surface area contributed by atoms with E-state index >= 15 is 0 Å². The number of nitrogens with two attached hydrogens (primary N) is 1. The standard InChI is InChI=1S/C11H14FNS/c1-2-3-9-11(13)8-5-4-7(12)6-10(8)14-9/h4-6,9,11H,2-3,13H2,1H3. The minimum absolute atomic E-state index is 0.0792. The zero-order valence-corrected chi connectivity index (χ0v) is 8.98. The molecule has 3 heteroatoms. The second-order valence-electron chi connectivity index (χ2n) is 3.65. The van der Waals surface area contributed by atoms with Gasteiger partial charge in [0, 0.05) is 16.2 Å². The Hall–Kier alpha value is -0.540. The molecule has 0 radical (unpaired) electrons. The van der Waals surface area contributed by atoms with Crippen molar-refractivity contribution in [3.8, 4) is 0 Å². The van der Waals surface area contributed by atoms with Crippen molar-refractivity contribution in [3.05, 3.63) is 29.6 Å². The van der Waals surface area contributed by atoms with Crippen molar-refractivity contribution in [3.63, 3.8) is 0 Å². The maximum atomic E-state index is 12.9. The summed E-state index contributed by atoms with van der Waals surface area (Å²) >= 11 is 1.72. The summed E-state index contributed by atoms with van der Waals surface area (Å²) in [4.78, 5) is 1.02. The maximum absolute atomic E-state index is 12.9. The van der Waals surface area contributed by atoms with Gasteiger partial charge in [0.2, 0.25) is 0 Å². The molecule has 1 nitrogen and oxygen atoms in total. The SMILES string of the molecule is CCCC1Sc2cc(F)ccc2C1N. The van der Waals surface area contributed by atoms with Crippen LogP contribution in [0.5, 0.6) is 0 Å². The molecule has 0 spiro atoms. The van der Waals surface area contributed by atoms with E-state index in [4.69, 9.17) is 5.73 Å². The summed E-state index contributed by atoms with van der Waals surface area (Å²) in [6.45, 7) is 2.15. The lowest BCUT2D eigenvalue weighted by Crippen LogP contribution is -2.18. The van der Waals surface area contributed by atoms with Gasteiger partial charge in [-0.2, -0.15) is 0 Å². The van der Waals surface area contributed by atoms with Crippen molar-refractivity contribution in [2.24, 2.45) is 5.73 Å². The predicted molar refractivity (Wildman–Crippen MR) is 57.9 cm³/mol. The van der Waals surface area contributed by atoms with Crippen LogP contribution >= 0.6 is 11.8 Å². The monoisotopic (exact) mass is 211 g/mol. The Morgan fingerprint density at radius 1 is 1.50 bits per heavy atom. The van der Waals surface area contributed by atoms with Crippen LogP contribution in [0.25, 0.3) is 0 Å². The van der Waals surface area contributed by atoms with Crippen LogP contribution < -0.4 is 5.73 Å². The number of hydrogen-bond donors (Lipinski definition) is 1. The third-order valence-electron chi connectivity index (χ3n) is 2.59. The first-order valence-electron chi connectivity index (χ1n) is 4.94. The van der Waals surface area contributed by atoms with E-state index in [0.717, 1.165) is 23.3 Å². The van der Waals surface area contributed by atoms with Gasteiger partial charge < -0.3 is 5.73 Å². The topological polar surface area (TPSA) is 26.0 Å². The summed E-state index contributed by atoms with van der Waals surface area (Å²) in [5.41, 5.74) is 7.19. The van der Waals surface area contributed by atoms with E-state index in [1.807, 2.05) is 6.07 Å². The summed E-state index contributed by atoms with van der Waals surface area (Å²) in [6, 6.07) is 4.98. The van der Waals surface area contributed by atoms with Crippen LogP contribution in [-0.4, -0.2) is 5.25 Å². The van der Waals surface area contributed by atoms with Crippen LogP contribution in [0.4, 0.5) is 4.39 Å². The van der Waals surface area contributed by atoms with Crippen molar-refractivity contribution in [1.82, 2.24) is 0 Å². The Bertz CT molecular complexity index is 340. The molecule has 1 aliphatic rings. The lowest BCUT2D eigenvalue weighted by Gasteiger charge is -2.13. The van der Waals surface area contributed by atoms with Gasteiger partial charge in [0.05, 0.1) is 0 Å². The van der Waals surface area contributed by atoms with Crippen LogP contribution in [0.3, 0.4) is 0 Å². The van der Waals surface area contributed by atoms with Crippen LogP contribution in [0, 0.1) is 5.82 Å². The minimum atomic E-state index is -0.166. The third kappa shape index (κ3) is 1.66. The molecule has 0 fully saturated rings. The minimum Gasteiger partial charge on any atom is -0.323 e. The molecule has 0 bridgehead atoms. The van der Waals surface area contributed by atoms with Gasteiger partial charge in [-0.25, -0.2) is 4.39 Å². The molecule has 2 unspecified atom stereocenters. The van der Waals surface area contributed by atoms with E-state index in [1.165, 1.54) is 6.07 Å². The average molecular weight is 211 g/mol. The molecule has 14 heavy (non-hydrogen) atoms.